The van der Waals surface area contributed by atoms with E-state index in [4.69, 9.17) is 0 Å². The molecule has 5 heteroatoms. The Hall–Kier alpha value is -1.36. The zero-order valence-electron chi connectivity index (χ0n) is 11.0. The van der Waals surface area contributed by atoms with Gasteiger partial charge in [0.1, 0.15) is 18.0 Å². The Labute approximate surface area is 103 Å². The molecule has 0 radical (unpaired) electrons. The average molecular weight is 238 g/mol. The zero-order chi connectivity index (χ0) is 12.9. The largest absolute Gasteiger partial charge is 0.394 e. The van der Waals surface area contributed by atoms with Gasteiger partial charge in [0.2, 0.25) is 0 Å². The van der Waals surface area contributed by atoms with E-state index in [-0.39, 0.29) is 12.1 Å². The van der Waals surface area contributed by atoms with Crippen LogP contribution in [0.2, 0.25) is 0 Å². The molecule has 0 aliphatic rings. The summed E-state index contributed by atoms with van der Waals surface area (Å²) >= 11 is 0. The molecular formula is C12H22N4O. The lowest BCUT2D eigenvalue weighted by Gasteiger charge is -2.29. The lowest BCUT2D eigenvalue weighted by molar-refractivity contribution is 0.218. The lowest BCUT2D eigenvalue weighted by atomic mass is 10.00. The number of nitrogens with zero attached hydrogens (tertiary/aromatic N) is 2. The molecule has 0 spiro atoms. The standard InChI is InChI=1S/C12H22N4O/c1-5-9-10(13-4)14-8-15-11(9)16-12(3,6-2)7-17/h8,17H,5-7H2,1-4H3,(H2,13,14,15,16). The van der Waals surface area contributed by atoms with Crippen molar-refractivity contribution in [2.75, 3.05) is 24.3 Å². The minimum Gasteiger partial charge on any atom is -0.394 e. The molecule has 0 amide bonds. The number of aromatic nitrogens is 2. The van der Waals surface area contributed by atoms with Gasteiger partial charge in [0.25, 0.3) is 0 Å². The van der Waals surface area contributed by atoms with Crippen LogP contribution >= 0.6 is 0 Å². The van der Waals surface area contributed by atoms with Crippen LogP contribution in [0.15, 0.2) is 6.33 Å². The summed E-state index contributed by atoms with van der Waals surface area (Å²) in [6, 6.07) is 0. The van der Waals surface area contributed by atoms with E-state index in [1.807, 2.05) is 20.9 Å². The van der Waals surface area contributed by atoms with Crippen LogP contribution in [0.4, 0.5) is 11.6 Å². The molecular weight excluding hydrogens is 216 g/mol. The van der Waals surface area contributed by atoms with Gasteiger partial charge in [0.05, 0.1) is 12.1 Å². The number of hydrogen-bond donors (Lipinski definition) is 3. The molecule has 0 aliphatic carbocycles. The van der Waals surface area contributed by atoms with Gasteiger partial charge in [-0.05, 0) is 19.8 Å². The van der Waals surface area contributed by atoms with E-state index in [0.29, 0.717) is 0 Å². The molecule has 0 aliphatic heterocycles. The average Bonchev–Trinajstić information content (AvgIpc) is 2.38. The highest BCUT2D eigenvalue weighted by molar-refractivity contribution is 5.58. The normalized spacial score (nSPS) is 14.2. The van der Waals surface area contributed by atoms with Gasteiger partial charge < -0.3 is 15.7 Å². The monoisotopic (exact) mass is 238 g/mol. The van der Waals surface area contributed by atoms with Crippen molar-refractivity contribution < 1.29 is 5.11 Å². The molecule has 1 rings (SSSR count). The second-order valence-corrected chi connectivity index (χ2v) is 4.35. The topological polar surface area (TPSA) is 70.1 Å². The van der Waals surface area contributed by atoms with Crippen molar-refractivity contribution in [2.24, 2.45) is 0 Å². The summed E-state index contributed by atoms with van der Waals surface area (Å²) in [7, 11) is 1.84. The SMILES string of the molecule is CCc1c(NC)ncnc1NC(C)(CC)CO. The van der Waals surface area contributed by atoms with Gasteiger partial charge in [-0.3, -0.25) is 0 Å². The molecule has 96 valence electrons. The predicted octanol–water partition coefficient (Wildman–Crippen LogP) is 1.65. The Bertz CT molecular complexity index is 364. The number of aliphatic hydroxyl groups is 1. The molecule has 1 heterocycles. The van der Waals surface area contributed by atoms with Crippen LogP contribution in [0.25, 0.3) is 0 Å². The second kappa shape index (κ2) is 5.82. The molecule has 17 heavy (non-hydrogen) atoms. The van der Waals surface area contributed by atoms with Crippen molar-refractivity contribution in [3.63, 3.8) is 0 Å². The fraction of sp³-hybridized carbons (Fsp3) is 0.667. The molecule has 0 saturated carbocycles. The van der Waals surface area contributed by atoms with Gasteiger partial charge in [0.15, 0.2) is 0 Å². The van der Waals surface area contributed by atoms with Crippen LogP contribution in [-0.4, -0.2) is 34.3 Å². The van der Waals surface area contributed by atoms with Crippen molar-refractivity contribution in [2.45, 2.75) is 39.2 Å². The molecule has 1 aromatic rings. The Balaban J connectivity index is 3.05. The molecule has 5 nitrogen and oxygen atoms in total. The summed E-state index contributed by atoms with van der Waals surface area (Å²) in [6.07, 6.45) is 3.19. The van der Waals surface area contributed by atoms with Gasteiger partial charge in [-0.1, -0.05) is 13.8 Å². The minimum atomic E-state index is -0.344. The van der Waals surface area contributed by atoms with Gasteiger partial charge in [0, 0.05) is 12.6 Å². The number of nitrogens with one attached hydrogen (secondary N) is 2. The molecule has 1 aromatic heterocycles. The second-order valence-electron chi connectivity index (χ2n) is 4.35. The van der Waals surface area contributed by atoms with Crippen molar-refractivity contribution in [1.82, 2.24) is 9.97 Å². The van der Waals surface area contributed by atoms with Crippen molar-refractivity contribution in [3.05, 3.63) is 11.9 Å². The first-order valence-electron chi connectivity index (χ1n) is 6.00. The highest BCUT2D eigenvalue weighted by Gasteiger charge is 2.22. The Morgan fingerprint density at radius 3 is 2.41 bits per heavy atom. The molecule has 0 fully saturated rings. The number of aliphatic hydroxyl groups excluding tert-OH is 1. The van der Waals surface area contributed by atoms with Crippen molar-refractivity contribution in [1.29, 1.82) is 0 Å². The number of rotatable bonds is 6. The van der Waals surface area contributed by atoms with Crippen LogP contribution in [0.1, 0.15) is 32.8 Å². The predicted molar refractivity (Wildman–Crippen MR) is 70.4 cm³/mol. The summed E-state index contributed by atoms with van der Waals surface area (Å²) in [4.78, 5) is 8.45. The Morgan fingerprint density at radius 2 is 1.94 bits per heavy atom. The summed E-state index contributed by atoms with van der Waals surface area (Å²) in [5.74, 6) is 1.63. The lowest BCUT2D eigenvalue weighted by Crippen LogP contribution is -2.38. The zero-order valence-corrected chi connectivity index (χ0v) is 11.0. The van der Waals surface area contributed by atoms with Crippen LogP contribution < -0.4 is 10.6 Å². The highest BCUT2D eigenvalue weighted by atomic mass is 16.3. The first kappa shape index (κ1) is 13.7. The van der Waals surface area contributed by atoms with Gasteiger partial charge in [-0.15, -0.1) is 0 Å². The summed E-state index contributed by atoms with van der Waals surface area (Å²) in [5.41, 5.74) is 0.701. The van der Waals surface area contributed by atoms with Gasteiger partial charge in [-0.2, -0.15) is 0 Å². The van der Waals surface area contributed by atoms with Crippen molar-refractivity contribution >= 4 is 11.6 Å². The van der Waals surface area contributed by atoms with Crippen LogP contribution in [-0.2, 0) is 6.42 Å². The fourth-order valence-corrected chi connectivity index (χ4v) is 1.60. The van der Waals surface area contributed by atoms with E-state index in [1.165, 1.54) is 6.33 Å². The van der Waals surface area contributed by atoms with E-state index in [0.717, 1.165) is 30.0 Å². The maximum Gasteiger partial charge on any atom is 0.135 e. The first-order chi connectivity index (χ1) is 8.10. The van der Waals surface area contributed by atoms with E-state index in [1.54, 1.807) is 0 Å². The third-order valence-electron chi connectivity index (χ3n) is 3.09. The molecule has 3 N–H and O–H groups in total. The van der Waals surface area contributed by atoms with E-state index in [2.05, 4.69) is 27.5 Å². The van der Waals surface area contributed by atoms with E-state index in [9.17, 15) is 5.11 Å². The number of hydrogen-bond acceptors (Lipinski definition) is 5. The first-order valence-corrected chi connectivity index (χ1v) is 6.00. The fourth-order valence-electron chi connectivity index (χ4n) is 1.60. The number of anilines is 2. The molecule has 1 unspecified atom stereocenters. The molecule has 0 bridgehead atoms. The summed E-state index contributed by atoms with van der Waals surface area (Å²) in [6.45, 7) is 6.15. The molecule has 0 saturated heterocycles. The Morgan fingerprint density at radius 1 is 1.29 bits per heavy atom. The van der Waals surface area contributed by atoms with Crippen molar-refractivity contribution in [3.8, 4) is 0 Å². The molecule has 0 aromatic carbocycles. The third-order valence-corrected chi connectivity index (χ3v) is 3.09. The van der Waals surface area contributed by atoms with E-state index >= 15 is 0 Å². The van der Waals surface area contributed by atoms with Gasteiger partial charge >= 0.3 is 0 Å². The minimum absolute atomic E-state index is 0.0749. The Kier molecular flexibility index (Phi) is 4.69. The van der Waals surface area contributed by atoms with Crippen LogP contribution in [0.3, 0.4) is 0 Å². The highest BCUT2D eigenvalue weighted by Crippen LogP contribution is 2.24. The summed E-state index contributed by atoms with van der Waals surface area (Å²) in [5, 5.41) is 15.8. The smallest absolute Gasteiger partial charge is 0.135 e. The molecule has 1 atom stereocenters. The quantitative estimate of drug-likeness (QED) is 0.703. The maximum atomic E-state index is 9.42. The van der Waals surface area contributed by atoms with Crippen LogP contribution in [0.5, 0.6) is 0 Å². The van der Waals surface area contributed by atoms with E-state index < -0.39 is 0 Å². The third kappa shape index (κ3) is 3.06. The summed E-state index contributed by atoms with van der Waals surface area (Å²) < 4.78 is 0. The van der Waals surface area contributed by atoms with Gasteiger partial charge in [-0.25, -0.2) is 9.97 Å². The van der Waals surface area contributed by atoms with Crippen LogP contribution in [0, 0.1) is 0 Å². The maximum absolute atomic E-state index is 9.42.